The van der Waals surface area contributed by atoms with Gasteiger partial charge in [-0.15, -0.1) is 0 Å². The highest BCUT2D eigenvalue weighted by Crippen LogP contribution is 2.29. The third kappa shape index (κ3) is 2.95. The van der Waals surface area contributed by atoms with Gasteiger partial charge in [-0.2, -0.15) is 11.8 Å². The summed E-state index contributed by atoms with van der Waals surface area (Å²) < 4.78 is 0.838. The van der Waals surface area contributed by atoms with Gasteiger partial charge in [0.05, 0.1) is 0 Å². The van der Waals surface area contributed by atoms with Crippen molar-refractivity contribution in [1.82, 2.24) is 5.32 Å². The van der Waals surface area contributed by atoms with Gasteiger partial charge in [-0.1, -0.05) is 22.0 Å². The van der Waals surface area contributed by atoms with Gasteiger partial charge in [0, 0.05) is 15.8 Å². The van der Waals surface area contributed by atoms with Crippen LogP contribution >= 0.6 is 27.7 Å². The van der Waals surface area contributed by atoms with E-state index >= 15 is 0 Å². The number of nitrogens with one attached hydrogen (secondary N) is 1. The predicted octanol–water partition coefficient (Wildman–Crippen LogP) is 2.45. The number of carboxylic acid groups (broad SMARTS) is 1. The van der Waals surface area contributed by atoms with Crippen LogP contribution in [0.3, 0.4) is 0 Å². The molecular formula is C13H14BrNO3S. The number of benzene rings is 1. The molecule has 1 aromatic carbocycles. The number of carboxylic acids is 1. The fourth-order valence-electron chi connectivity index (χ4n) is 1.91. The number of thioether (sulfide) groups is 1. The van der Waals surface area contributed by atoms with Crippen LogP contribution in [-0.4, -0.2) is 34.0 Å². The van der Waals surface area contributed by atoms with E-state index in [0.717, 1.165) is 15.8 Å². The first kappa shape index (κ1) is 14.4. The first-order valence-corrected chi connectivity index (χ1v) is 7.79. The summed E-state index contributed by atoms with van der Waals surface area (Å²) in [7, 11) is 0. The Kier molecular flexibility index (Phi) is 4.20. The fraction of sp³-hybridized carbons (Fsp3) is 0.385. The normalized spacial score (nSPS) is 22.2. The summed E-state index contributed by atoms with van der Waals surface area (Å²) in [5.74, 6) is -0.131. The van der Waals surface area contributed by atoms with Gasteiger partial charge in [0.25, 0.3) is 5.91 Å². The van der Waals surface area contributed by atoms with Crippen molar-refractivity contribution >= 4 is 39.6 Å². The summed E-state index contributed by atoms with van der Waals surface area (Å²) in [5, 5.41) is 12.0. The second-order valence-corrected chi connectivity index (χ2v) is 6.57. The Hall–Kier alpha value is -1.01. The number of hydrogen-bond acceptors (Lipinski definition) is 3. The molecule has 1 heterocycles. The third-order valence-corrected chi connectivity index (χ3v) is 5.26. The van der Waals surface area contributed by atoms with E-state index < -0.39 is 11.5 Å². The summed E-state index contributed by atoms with van der Waals surface area (Å²) in [6.07, 6.45) is 0.464. The van der Waals surface area contributed by atoms with Gasteiger partial charge in [-0.3, -0.25) is 4.79 Å². The van der Waals surface area contributed by atoms with E-state index in [9.17, 15) is 14.7 Å². The van der Waals surface area contributed by atoms with Gasteiger partial charge in [0.1, 0.15) is 5.54 Å². The Labute approximate surface area is 124 Å². The molecule has 4 nitrogen and oxygen atoms in total. The van der Waals surface area contributed by atoms with E-state index in [0.29, 0.717) is 17.7 Å². The Morgan fingerprint density at radius 3 is 2.74 bits per heavy atom. The lowest BCUT2D eigenvalue weighted by molar-refractivity contribution is -0.143. The van der Waals surface area contributed by atoms with Crippen LogP contribution in [-0.2, 0) is 4.79 Å². The number of amides is 1. The van der Waals surface area contributed by atoms with Crippen molar-refractivity contribution in [3.63, 3.8) is 0 Å². The van der Waals surface area contributed by atoms with Gasteiger partial charge in [0.2, 0.25) is 0 Å². The van der Waals surface area contributed by atoms with Crippen LogP contribution in [0.15, 0.2) is 22.7 Å². The predicted molar refractivity (Wildman–Crippen MR) is 78.7 cm³/mol. The lowest BCUT2D eigenvalue weighted by atomic mass is 9.98. The average Bonchev–Trinajstić information content (AvgIpc) is 2.82. The molecule has 19 heavy (non-hydrogen) atoms. The maximum Gasteiger partial charge on any atom is 0.330 e. The van der Waals surface area contributed by atoms with Crippen LogP contribution in [0, 0.1) is 6.92 Å². The molecule has 2 N–H and O–H groups in total. The van der Waals surface area contributed by atoms with Crippen LogP contribution in [0.5, 0.6) is 0 Å². The molecule has 102 valence electrons. The Bertz CT molecular complexity index is 527. The van der Waals surface area contributed by atoms with Crippen LogP contribution in [0.25, 0.3) is 0 Å². The zero-order chi connectivity index (χ0) is 14.0. The summed E-state index contributed by atoms with van der Waals surface area (Å²) in [5.41, 5.74) is 0.370. The first-order chi connectivity index (χ1) is 8.94. The zero-order valence-electron chi connectivity index (χ0n) is 10.4. The quantitative estimate of drug-likeness (QED) is 0.884. The first-order valence-electron chi connectivity index (χ1n) is 5.84. The van der Waals surface area contributed by atoms with Crippen molar-refractivity contribution in [3.05, 3.63) is 33.8 Å². The van der Waals surface area contributed by atoms with Crippen LogP contribution < -0.4 is 5.32 Å². The molecule has 1 saturated heterocycles. The highest BCUT2D eigenvalue weighted by atomic mass is 79.9. The minimum atomic E-state index is -1.13. The molecule has 6 heteroatoms. The minimum Gasteiger partial charge on any atom is -0.479 e. The molecule has 1 aliphatic heterocycles. The molecule has 0 saturated carbocycles. The van der Waals surface area contributed by atoms with Gasteiger partial charge in [0.15, 0.2) is 0 Å². The molecule has 0 radical (unpaired) electrons. The average molecular weight is 344 g/mol. The van der Waals surface area contributed by atoms with E-state index in [4.69, 9.17) is 0 Å². The topological polar surface area (TPSA) is 66.4 Å². The van der Waals surface area contributed by atoms with Gasteiger partial charge >= 0.3 is 5.97 Å². The lowest BCUT2D eigenvalue weighted by Crippen LogP contribution is -2.54. The standard InChI is InChI=1S/C13H14BrNO3S/c1-8-2-3-9(6-10(8)14)11(16)15-13(12(17)18)4-5-19-7-13/h2-3,6H,4-5,7H2,1H3,(H,15,16)(H,17,18). The fourth-order valence-corrected chi connectivity index (χ4v) is 3.61. The molecule has 2 rings (SSSR count). The molecule has 1 aromatic rings. The van der Waals surface area contributed by atoms with E-state index in [1.54, 1.807) is 23.9 Å². The molecule has 1 atom stereocenters. The molecule has 0 bridgehead atoms. The number of aryl methyl sites for hydroxylation is 1. The van der Waals surface area contributed by atoms with Crippen molar-refractivity contribution in [1.29, 1.82) is 0 Å². The number of carbonyl (C=O) groups excluding carboxylic acids is 1. The molecule has 1 unspecified atom stereocenters. The second kappa shape index (κ2) is 5.54. The number of rotatable bonds is 3. The van der Waals surface area contributed by atoms with Gasteiger partial charge in [-0.25, -0.2) is 4.79 Å². The second-order valence-electron chi connectivity index (χ2n) is 4.61. The summed E-state index contributed by atoms with van der Waals surface area (Å²) in [6.45, 7) is 1.93. The smallest absolute Gasteiger partial charge is 0.330 e. The minimum absolute atomic E-state index is 0.342. The SMILES string of the molecule is Cc1ccc(C(=O)NC2(C(=O)O)CCSC2)cc1Br. The van der Waals surface area contributed by atoms with E-state index in [-0.39, 0.29) is 5.91 Å². The monoisotopic (exact) mass is 343 g/mol. The highest BCUT2D eigenvalue weighted by molar-refractivity contribution is 9.10. The summed E-state index contributed by atoms with van der Waals surface area (Å²) in [6, 6.07) is 5.24. The number of hydrogen-bond donors (Lipinski definition) is 2. The lowest BCUT2D eigenvalue weighted by Gasteiger charge is -2.24. The van der Waals surface area contributed by atoms with Crippen LogP contribution in [0.4, 0.5) is 0 Å². The number of halogens is 1. The van der Waals surface area contributed by atoms with E-state index in [2.05, 4.69) is 21.2 Å². The van der Waals surface area contributed by atoms with E-state index in [1.807, 2.05) is 13.0 Å². The van der Waals surface area contributed by atoms with Crippen molar-refractivity contribution in [3.8, 4) is 0 Å². The Balaban J connectivity index is 2.20. The highest BCUT2D eigenvalue weighted by Gasteiger charge is 2.43. The van der Waals surface area contributed by atoms with Crippen LogP contribution in [0.1, 0.15) is 22.3 Å². The summed E-state index contributed by atoms with van der Waals surface area (Å²) >= 11 is 4.92. The molecular weight excluding hydrogens is 330 g/mol. The molecule has 0 aromatic heterocycles. The zero-order valence-corrected chi connectivity index (χ0v) is 12.8. The number of carbonyl (C=O) groups is 2. The largest absolute Gasteiger partial charge is 0.479 e. The van der Waals surface area contributed by atoms with Crippen molar-refractivity contribution in [2.45, 2.75) is 18.9 Å². The number of aliphatic carboxylic acids is 1. The Morgan fingerprint density at radius 1 is 1.47 bits per heavy atom. The van der Waals surface area contributed by atoms with Crippen molar-refractivity contribution < 1.29 is 14.7 Å². The van der Waals surface area contributed by atoms with Crippen molar-refractivity contribution in [2.75, 3.05) is 11.5 Å². The molecule has 1 aliphatic rings. The maximum atomic E-state index is 12.2. The molecule has 1 amide bonds. The van der Waals surface area contributed by atoms with Gasteiger partial charge < -0.3 is 10.4 Å². The Morgan fingerprint density at radius 2 is 2.21 bits per heavy atom. The molecule has 1 fully saturated rings. The third-order valence-electron chi connectivity index (χ3n) is 3.22. The van der Waals surface area contributed by atoms with Crippen LogP contribution in [0.2, 0.25) is 0 Å². The summed E-state index contributed by atoms with van der Waals surface area (Å²) in [4.78, 5) is 23.5. The molecule has 0 spiro atoms. The van der Waals surface area contributed by atoms with Gasteiger partial charge in [-0.05, 0) is 36.8 Å². The molecule has 0 aliphatic carbocycles. The maximum absolute atomic E-state index is 12.2. The van der Waals surface area contributed by atoms with Crippen molar-refractivity contribution in [2.24, 2.45) is 0 Å². The van der Waals surface area contributed by atoms with E-state index in [1.165, 1.54) is 0 Å².